The zero-order chi connectivity index (χ0) is 12.0. The molecule has 1 heterocycles. The Bertz CT molecular complexity index is 307. The topological polar surface area (TPSA) is 46.5 Å². The lowest BCUT2D eigenvalue weighted by Crippen LogP contribution is -2.47. The molecule has 1 atom stereocenters. The number of Topliss-reactive ketones (excluding diaryl/α,β-unsaturated/α-hetero) is 1. The van der Waals surface area contributed by atoms with Crippen LogP contribution >= 0.6 is 0 Å². The van der Waals surface area contributed by atoms with Gasteiger partial charge in [0.05, 0.1) is 6.42 Å². The van der Waals surface area contributed by atoms with Gasteiger partial charge in [0.15, 0.2) is 5.78 Å². The molecule has 0 aromatic heterocycles. The summed E-state index contributed by atoms with van der Waals surface area (Å²) in [5.74, 6) is -3.89. The van der Waals surface area contributed by atoms with Crippen LogP contribution in [0, 0.1) is 0 Å². The Hall–Kier alpha value is -0.620. The van der Waals surface area contributed by atoms with E-state index in [0.29, 0.717) is 12.8 Å². The van der Waals surface area contributed by atoms with Gasteiger partial charge in [-0.2, -0.15) is 13.2 Å². The Morgan fingerprint density at radius 2 is 1.75 bits per heavy atom. The molecule has 2 rings (SSSR count). The van der Waals surface area contributed by atoms with Gasteiger partial charge in [0.1, 0.15) is 5.60 Å². The molecule has 0 bridgehead atoms. The largest absolute Gasteiger partial charge is 0.443 e. The summed E-state index contributed by atoms with van der Waals surface area (Å²) < 4.78 is 42.3. The number of carbonyl (C=O) groups is 1. The first-order valence-corrected chi connectivity index (χ1v) is 5.32. The van der Waals surface area contributed by atoms with Gasteiger partial charge < -0.3 is 9.84 Å². The van der Waals surface area contributed by atoms with Gasteiger partial charge in [0, 0.05) is 0 Å². The van der Waals surface area contributed by atoms with E-state index in [1.165, 1.54) is 0 Å². The number of ketones is 1. The lowest BCUT2D eigenvalue weighted by Gasteiger charge is -2.34. The lowest BCUT2D eigenvalue weighted by molar-refractivity contribution is -0.370. The maximum Gasteiger partial charge on any atom is 0.443 e. The maximum absolute atomic E-state index is 12.5. The predicted molar refractivity (Wildman–Crippen MR) is 47.5 cm³/mol. The fourth-order valence-corrected chi connectivity index (χ4v) is 2.46. The zero-order valence-electron chi connectivity index (χ0n) is 8.64. The molecule has 6 heteroatoms. The van der Waals surface area contributed by atoms with Crippen LogP contribution in [0.4, 0.5) is 13.2 Å². The van der Waals surface area contributed by atoms with E-state index >= 15 is 0 Å². The molecular formula is C10H13F3O3. The van der Waals surface area contributed by atoms with Gasteiger partial charge in [-0.15, -0.1) is 0 Å². The third-order valence-corrected chi connectivity index (χ3v) is 3.38. The van der Waals surface area contributed by atoms with Gasteiger partial charge in [0.2, 0.25) is 0 Å². The Kier molecular flexibility index (Phi) is 2.54. The monoisotopic (exact) mass is 238 g/mol. The number of ether oxygens (including phenoxy) is 1. The Morgan fingerprint density at radius 3 is 2.19 bits per heavy atom. The Morgan fingerprint density at radius 1 is 1.19 bits per heavy atom. The number of hydrogen-bond donors (Lipinski definition) is 1. The highest BCUT2D eigenvalue weighted by Gasteiger charge is 2.66. The van der Waals surface area contributed by atoms with E-state index in [1.807, 2.05) is 0 Å². The number of carbonyl (C=O) groups excluding carboxylic acids is 1. The molecule has 16 heavy (non-hydrogen) atoms. The van der Waals surface area contributed by atoms with E-state index in [0.717, 1.165) is 6.42 Å². The molecule has 0 unspecified atom stereocenters. The van der Waals surface area contributed by atoms with Gasteiger partial charge in [-0.1, -0.05) is 19.3 Å². The van der Waals surface area contributed by atoms with Crippen molar-refractivity contribution in [1.29, 1.82) is 0 Å². The standard InChI is InChI=1S/C10H13F3O3/c11-10(12,13)9(15)6-7(14)8(16-9)4-2-1-3-5-8/h15H,1-6H2/t9-/m1/s1. The quantitative estimate of drug-likeness (QED) is 0.701. The lowest BCUT2D eigenvalue weighted by atomic mass is 9.82. The first-order chi connectivity index (χ1) is 7.29. The number of alkyl halides is 3. The summed E-state index contributed by atoms with van der Waals surface area (Å²) in [6, 6.07) is 0. The summed E-state index contributed by atoms with van der Waals surface area (Å²) in [7, 11) is 0. The highest BCUT2D eigenvalue weighted by atomic mass is 19.4. The molecule has 0 amide bonds. The van der Waals surface area contributed by atoms with Crippen molar-refractivity contribution in [1.82, 2.24) is 0 Å². The minimum Gasteiger partial charge on any atom is -0.358 e. The first kappa shape index (κ1) is 11.9. The molecular weight excluding hydrogens is 225 g/mol. The maximum atomic E-state index is 12.5. The van der Waals surface area contributed by atoms with Crippen molar-refractivity contribution in [2.24, 2.45) is 0 Å². The van der Waals surface area contributed by atoms with Crippen LogP contribution in [-0.2, 0) is 9.53 Å². The molecule has 1 saturated carbocycles. The highest BCUT2D eigenvalue weighted by Crippen LogP contribution is 2.48. The summed E-state index contributed by atoms with van der Waals surface area (Å²) in [6.45, 7) is 0. The smallest absolute Gasteiger partial charge is 0.358 e. The molecule has 1 N–H and O–H groups in total. The van der Waals surface area contributed by atoms with Gasteiger partial charge >= 0.3 is 6.18 Å². The molecule has 1 saturated heterocycles. The minimum atomic E-state index is -4.91. The van der Waals surface area contributed by atoms with Gasteiger partial charge in [0.25, 0.3) is 5.79 Å². The summed E-state index contributed by atoms with van der Waals surface area (Å²) in [5, 5.41) is 9.35. The second-order valence-corrected chi connectivity index (χ2v) is 4.54. The molecule has 0 aromatic rings. The summed E-state index contributed by atoms with van der Waals surface area (Å²) in [4.78, 5) is 11.6. The summed E-state index contributed by atoms with van der Waals surface area (Å²) in [5.41, 5.74) is -1.39. The molecule has 1 aliphatic heterocycles. The van der Waals surface area contributed by atoms with Crippen molar-refractivity contribution in [2.45, 2.75) is 56.1 Å². The van der Waals surface area contributed by atoms with Gasteiger partial charge in [-0.05, 0) is 12.8 Å². The number of aliphatic hydroxyl groups is 1. The average molecular weight is 238 g/mol. The molecule has 1 aliphatic carbocycles. The van der Waals surface area contributed by atoms with Crippen molar-refractivity contribution in [3.05, 3.63) is 0 Å². The molecule has 2 fully saturated rings. The van der Waals surface area contributed by atoms with Crippen molar-refractivity contribution in [2.75, 3.05) is 0 Å². The number of halogens is 3. The van der Waals surface area contributed by atoms with E-state index in [-0.39, 0.29) is 12.8 Å². The molecule has 92 valence electrons. The van der Waals surface area contributed by atoms with Gasteiger partial charge in [-0.25, -0.2) is 0 Å². The van der Waals surface area contributed by atoms with E-state index in [9.17, 15) is 23.1 Å². The van der Waals surface area contributed by atoms with Gasteiger partial charge in [-0.3, -0.25) is 4.79 Å². The van der Waals surface area contributed by atoms with E-state index in [1.54, 1.807) is 0 Å². The molecule has 0 radical (unpaired) electrons. The second kappa shape index (κ2) is 3.43. The third kappa shape index (κ3) is 1.64. The summed E-state index contributed by atoms with van der Waals surface area (Å²) in [6.07, 6.45) is -3.10. The van der Waals surface area contributed by atoms with Crippen LogP contribution in [0.3, 0.4) is 0 Å². The van der Waals surface area contributed by atoms with Crippen LogP contribution in [0.25, 0.3) is 0 Å². The summed E-state index contributed by atoms with van der Waals surface area (Å²) >= 11 is 0. The number of rotatable bonds is 0. The fourth-order valence-electron chi connectivity index (χ4n) is 2.46. The van der Waals surface area contributed by atoms with Crippen LogP contribution in [-0.4, -0.2) is 28.5 Å². The fraction of sp³-hybridized carbons (Fsp3) is 0.900. The Labute approximate surface area is 90.6 Å². The van der Waals surface area contributed by atoms with E-state index < -0.39 is 29.8 Å². The number of hydrogen-bond acceptors (Lipinski definition) is 3. The van der Waals surface area contributed by atoms with E-state index in [4.69, 9.17) is 4.74 Å². The molecule has 0 aromatic carbocycles. The van der Waals surface area contributed by atoms with Crippen molar-refractivity contribution in [3.8, 4) is 0 Å². The van der Waals surface area contributed by atoms with Crippen molar-refractivity contribution >= 4 is 5.78 Å². The highest BCUT2D eigenvalue weighted by molar-refractivity contribution is 5.90. The van der Waals surface area contributed by atoms with Crippen LogP contribution in [0.2, 0.25) is 0 Å². The van der Waals surface area contributed by atoms with E-state index in [2.05, 4.69) is 0 Å². The Balaban J connectivity index is 2.24. The third-order valence-electron chi connectivity index (χ3n) is 3.38. The molecule has 2 aliphatic rings. The van der Waals surface area contributed by atoms with Crippen LogP contribution in [0.15, 0.2) is 0 Å². The molecule has 3 nitrogen and oxygen atoms in total. The SMILES string of the molecule is O=C1C[C@](O)(C(F)(F)F)OC12CCCCC2. The minimum absolute atomic E-state index is 0.282. The molecule has 1 spiro atoms. The van der Waals surface area contributed by atoms with Crippen LogP contribution in [0.1, 0.15) is 38.5 Å². The van der Waals surface area contributed by atoms with Crippen molar-refractivity contribution in [3.63, 3.8) is 0 Å². The zero-order valence-corrected chi connectivity index (χ0v) is 8.64. The first-order valence-electron chi connectivity index (χ1n) is 5.32. The average Bonchev–Trinajstić information content (AvgIpc) is 2.40. The van der Waals surface area contributed by atoms with Crippen LogP contribution in [0.5, 0.6) is 0 Å². The van der Waals surface area contributed by atoms with Crippen LogP contribution < -0.4 is 0 Å². The second-order valence-electron chi connectivity index (χ2n) is 4.54. The normalized spacial score (nSPS) is 34.6. The predicted octanol–water partition coefficient (Wildman–Crippen LogP) is 1.93. The van der Waals surface area contributed by atoms with Crippen molar-refractivity contribution < 1.29 is 27.8 Å².